The monoisotopic (exact) mass is 523 g/mol. The van der Waals surface area contributed by atoms with E-state index in [4.69, 9.17) is 16.3 Å². The number of ether oxygens (including phenoxy) is 1. The highest BCUT2D eigenvalue weighted by Crippen LogP contribution is 2.27. The largest absolute Gasteiger partial charge is 0.496 e. The van der Waals surface area contributed by atoms with Crippen LogP contribution in [0.2, 0.25) is 5.02 Å². The van der Waals surface area contributed by atoms with Crippen LogP contribution in [0.25, 0.3) is 0 Å². The molecule has 12 heteroatoms. The number of anilines is 2. The number of methoxy groups -OCH3 is 1. The van der Waals surface area contributed by atoms with Crippen LogP contribution < -0.4 is 19.5 Å². The van der Waals surface area contributed by atoms with Gasteiger partial charge in [0.15, 0.2) is 0 Å². The molecule has 0 saturated heterocycles. The predicted octanol–water partition coefficient (Wildman–Crippen LogP) is 3.62. The van der Waals surface area contributed by atoms with Crippen LogP contribution in [0.3, 0.4) is 0 Å². The Morgan fingerprint density at radius 2 is 1.50 bits per heavy atom. The van der Waals surface area contributed by atoms with E-state index in [0.717, 1.165) is 0 Å². The maximum atomic E-state index is 12.8. The number of nitrogens with one attached hydrogen (secondary N) is 3. The van der Waals surface area contributed by atoms with Crippen LogP contribution in [0.5, 0.6) is 5.75 Å². The number of carbonyl (C=O) groups is 1. The van der Waals surface area contributed by atoms with Crippen molar-refractivity contribution < 1.29 is 26.4 Å². The van der Waals surface area contributed by atoms with Crippen LogP contribution in [0.4, 0.5) is 11.4 Å². The lowest BCUT2D eigenvalue weighted by atomic mass is 10.2. The Balaban J connectivity index is 1.84. The fourth-order valence-electron chi connectivity index (χ4n) is 3.00. The molecule has 0 radical (unpaired) electrons. The Morgan fingerprint density at radius 1 is 0.882 bits per heavy atom. The minimum absolute atomic E-state index is 0.0525. The van der Waals surface area contributed by atoms with E-state index in [1.807, 2.05) is 0 Å². The summed E-state index contributed by atoms with van der Waals surface area (Å²) in [6, 6.07) is 13.9. The minimum atomic E-state index is -4.08. The van der Waals surface area contributed by atoms with Crippen molar-refractivity contribution in [1.29, 1.82) is 0 Å². The molecule has 0 unspecified atom stereocenters. The summed E-state index contributed by atoms with van der Waals surface area (Å²) in [7, 11) is -5.23. The fourth-order valence-corrected chi connectivity index (χ4v) is 5.39. The summed E-state index contributed by atoms with van der Waals surface area (Å²) in [5, 5.41) is 2.84. The number of benzene rings is 3. The van der Waals surface area contributed by atoms with Crippen molar-refractivity contribution in [1.82, 2.24) is 5.32 Å². The van der Waals surface area contributed by atoms with Gasteiger partial charge in [-0.1, -0.05) is 17.7 Å². The molecule has 0 aliphatic rings. The summed E-state index contributed by atoms with van der Waals surface area (Å²) in [4.78, 5) is 11.8. The molecule has 1 amide bonds. The highest BCUT2D eigenvalue weighted by Gasteiger charge is 2.21. The summed E-state index contributed by atoms with van der Waals surface area (Å²) in [5.41, 5.74) is 1.10. The first kappa shape index (κ1) is 25.3. The molecule has 3 aromatic carbocycles. The number of sulfonamides is 2. The van der Waals surface area contributed by atoms with Crippen molar-refractivity contribution >= 4 is 48.9 Å². The van der Waals surface area contributed by atoms with Gasteiger partial charge >= 0.3 is 0 Å². The zero-order chi connectivity index (χ0) is 25.1. The second-order valence-electron chi connectivity index (χ2n) is 7.09. The average Bonchev–Trinajstić information content (AvgIpc) is 2.81. The Hall–Kier alpha value is -3.28. The van der Waals surface area contributed by atoms with Gasteiger partial charge in [-0.25, -0.2) is 16.8 Å². The van der Waals surface area contributed by atoms with Crippen LogP contribution in [0.15, 0.2) is 70.5 Å². The van der Waals surface area contributed by atoms with E-state index in [0.29, 0.717) is 16.3 Å². The maximum absolute atomic E-state index is 12.8. The van der Waals surface area contributed by atoms with Gasteiger partial charge in [0.25, 0.3) is 26.0 Å². The van der Waals surface area contributed by atoms with E-state index >= 15 is 0 Å². The third-order valence-corrected chi connectivity index (χ3v) is 8.05. The highest BCUT2D eigenvalue weighted by molar-refractivity contribution is 7.93. The molecule has 3 N–H and O–H groups in total. The number of hydrogen-bond acceptors (Lipinski definition) is 6. The van der Waals surface area contributed by atoms with Crippen molar-refractivity contribution in [3.05, 3.63) is 76.8 Å². The van der Waals surface area contributed by atoms with E-state index in [-0.39, 0.29) is 26.8 Å². The van der Waals surface area contributed by atoms with E-state index in [2.05, 4.69) is 14.8 Å². The SMILES string of the molecule is CNC(=O)c1cc(S(=O)(=O)Nc2ccc(S(=O)(=O)Nc3cccc(Cl)c3C)cc2)ccc1OC. The molecule has 0 atom stereocenters. The van der Waals surface area contributed by atoms with Crippen LogP contribution >= 0.6 is 11.6 Å². The van der Waals surface area contributed by atoms with Gasteiger partial charge in [-0.05, 0) is 67.1 Å². The average molecular weight is 524 g/mol. The lowest BCUT2D eigenvalue weighted by Crippen LogP contribution is -2.20. The molecule has 0 aromatic heterocycles. The lowest BCUT2D eigenvalue weighted by molar-refractivity contribution is 0.0960. The van der Waals surface area contributed by atoms with Gasteiger partial charge in [0, 0.05) is 17.8 Å². The highest BCUT2D eigenvalue weighted by atomic mass is 35.5. The molecule has 34 heavy (non-hydrogen) atoms. The summed E-state index contributed by atoms with van der Waals surface area (Å²) in [6.45, 7) is 1.69. The topological polar surface area (TPSA) is 131 Å². The zero-order valence-corrected chi connectivity index (χ0v) is 20.8. The molecular formula is C22H22ClN3O6S2. The van der Waals surface area contributed by atoms with Gasteiger partial charge in [0.05, 0.1) is 28.2 Å². The number of halogens is 1. The summed E-state index contributed by atoms with van der Waals surface area (Å²) in [6.07, 6.45) is 0. The summed E-state index contributed by atoms with van der Waals surface area (Å²) < 4.78 is 61.1. The Labute approximate surface area is 203 Å². The fraction of sp³-hybridized carbons (Fsp3) is 0.136. The van der Waals surface area contributed by atoms with Gasteiger partial charge < -0.3 is 10.1 Å². The summed E-state index contributed by atoms with van der Waals surface area (Å²) >= 11 is 6.04. The Kier molecular flexibility index (Phi) is 7.39. The van der Waals surface area contributed by atoms with Crippen LogP contribution in [-0.4, -0.2) is 36.9 Å². The molecule has 0 aliphatic carbocycles. The first-order valence-corrected chi connectivity index (χ1v) is 13.1. The van der Waals surface area contributed by atoms with Crippen LogP contribution in [0.1, 0.15) is 15.9 Å². The number of carbonyl (C=O) groups excluding carboxylic acids is 1. The van der Waals surface area contributed by atoms with Crippen molar-refractivity contribution in [2.24, 2.45) is 0 Å². The van der Waals surface area contributed by atoms with Crippen LogP contribution in [-0.2, 0) is 20.0 Å². The Morgan fingerprint density at radius 3 is 2.12 bits per heavy atom. The number of amides is 1. The van der Waals surface area contributed by atoms with Gasteiger partial charge in [-0.2, -0.15) is 0 Å². The molecular weight excluding hydrogens is 502 g/mol. The molecule has 0 bridgehead atoms. The van der Waals surface area contributed by atoms with Gasteiger partial charge in [0.2, 0.25) is 0 Å². The molecule has 0 aliphatic heterocycles. The van der Waals surface area contributed by atoms with Crippen molar-refractivity contribution in [3.63, 3.8) is 0 Å². The normalized spacial score (nSPS) is 11.5. The second kappa shape index (κ2) is 9.92. The molecule has 0 heterocycles. The minimum Gasteiger partial charge on any atom is -0.496 e. The third kappa shape index (κ3) is 5.44. The molecule has 3 aromatic rings. The van der Waals surface area contributed by atoms with Gasteiger partial charge in [0.1, 0.15) is 5.75 Å². The molecule has 0 spiro atoms. The van der Waals surface area contributed by atoms with E-state index < -0.39 is 26.0 Å². The Bertz CT molecular complexity index is 1440. The van der Waals surface area contributed by atoms with E-state index in [1.54, 1.807) is 25.1 Å². The third-order valence-electron chi connectivity index (χ3n) is 4.88. The first-order valence-electron chi connectivity index (χ1n) is 9.79. The lowest BCUT2D eigenvalue weighted by Gasteiger charge is -2.13. The number of rotatable bonds is 8. The van der Waals surface area contributed by atoms with Crippen molar-refractivity contribution in [3.8, 4) is 5.75 Å². The van der Waals surface area contributed by atoms with Gasteiger partial charge in [-0.15, -0.1) is 0 Å². The molecule has 180 valence electrons. The van der Waals surface area contributed by atoms with E-state index in [1.165, 1.54) is 56.6 Å². The van der Waals surface area contributed by atoms with Crippen molar-refractivity contribution in [2.75, 3.05) is 23.6 Å². The van der Waals surface area contributed by atoms with Crippen LogP contribution in [0, 0.1) is 6.92 Å². The standard InChI is InChI=1S/C22H22ClN3O6S2/c1-14-19(23)5-4-6-20(14)26-33(28,29)16-9-7-15(8-10-16)25-34(30,31)17-11-12-21(32-3)18(13-17)22(27)24-2/h4-13,25-26H,1-3H3,(H,24,27). The quantitative estimate of drug-likeness (QED) is 0.413. The molecule has 9 nitrogen and oxygen atoms in total. The zero-order valence-electron chi connectivity index (χ0n) is 18.4. The van der Waals surface area contributed by atoms with E-state index in [9.17, 15) is 21.6 Å². The molecule has 3 rings (SSSR count). The number of hydrogen-bond donors (Lipinski definition) is 3. The maximum Gasteiger partial charge on any atom is 0.261 e. The van der Waals surface area contributed by atoms with Gasteiger partial charge in [-0.3, -0.25) is 14.2 Å². The van der Waals surface area contributed by atoms with Crippen molar-refractivity contribution in [2.45, 2.75) is 16.7 Å². The smallest absolute Gasteiger partial charge is 0.261 e. The first-order chi connectivity index (χ1) is 16.0. The predicted molar refractivity (Wildman–Crippen MR) is 131 cm³/mol. The molecule has 0 saturated carbocycles. The molecule has 0 fully saturated rings. The summed E-state index contributed by atoms with van der Waals surface area (Å²) in [5.74, 6) is -0.291. The second-order valence-corrected chi connectivity index (χ2v) is 10.9.